The van der Waals surface area contributed by atoms with E-state index in [9.17, 15) is 4.79 Å². The van der Waals surface area contributed by atoms with Crippen LogP contribution in [0, 0.1) is 6.92 Å². The Balaban J connectivity index is 1.89. The van der Waals surface area contributed by atoms with E-state index in [1.54, 1.807) is 6.08 Å². The Morgan fingerprint density at radius 3 is 2.41 bits per heavy atom. The summed E-state index contributed by atoms with van der Waals surface area (Å²) >= 11 is 0. The van der Waals surface area contributed by atoms with Gasteiger partial charge in [0.2, 0.25) is 5.91 Å². The number of hydrogen-bond acceptors (Lipinski definition) is 2. The zero-order valence-electron chi connectivity index (χ0n) is 13.0. The molecule has 0 radical (unpaired) electrons. The monoisotopic (exact) mass is 295 g/mol. The molecule has 3 nitrogen and oxygen atoms in total. The van der Waals surface area contributed by atoms with E-state index in [1.807, 2.05) is 55.5 Å². The summed E-state index contributed by atoms with van der Waals surface area (Å²) in [5, 5.41) is 2.83. The van der Waals surface area contributed by atoms with Gasteiger partial charge in [-0.2, -0.15) is 0 Å². The molecule has 0 fully saturated rings. The molecule has 22 heavy (non-hydrogen) atoms. The van der Waals surface area contributed by atoms with Crippen LogP contribution in [0.15, 0.2) is 54.6 Å². The van der Waals surface area contributed by atoms with E-state index < -0.39 is 0 Å². The molecule has 0 atom stereocenters. The summed E-state index contributed by atoms with van der Waals surface area (Å²) in [6.45, 7) is 4.80. The summed E-state index contributed by atoms with van der Waals surface area (Å²) in [6, 6.07) is 15.4. The van der Waals surface area contributed by atoms with Gasteiger partial charge in [-0.3, -0.25) is 4.79 Å². The summed E-state index contributed by atoms with van der Waals surface area (Å²) in [7, 11) is 0. The molecule has 2 aromatic carbocycles. The Labute approximate surface area is 131 Å². The molecule has 0 aliphatic carbocycles. The van der Waals surface area contributed by atoms with Crippen LogP contribution in [0.5, 0.6) is 5.75 Å². The molecular weight excluding hydrogens is 274 g/mol. The highest BCUT2D eigenvalue weighted by Gasteiger charge is 1.99. The minimum atomic E-state index is -0.150. The van der Waals surface area contributed by atoms with Crippen molar-refractivity contribution in [1.82, 2.24) is 0 Å². The number of nitrogens with one attached hydrogen (secondary N) is 1. The van der Waals surface area contributed by atoms with Crippen LogP contribution in [0.4, 0.5) is 5.69 Å². The lowest BCUT2D eigenvalue weighted by atomic mass is 10.1. The molecule has 0 bridgehead atoms. The summed E-state index contributed by atoms with van der Waals surface area (Å²) in [5.74, 6) is 0.665. The molecule has 0 aliphatic rings. The molecule has 0 aromatic heterocycles. The first-order valence-electron chi connectivity index (χ1n) is 7.46. The summed E-state index contributed by atoms with van der Waals surface area (Å²) in [6.07, 6.45) is 4.31. The van der Waals surface area contributed by atoms with Crippen LogP contribution in [0.3, 0.4) is 0 Å². The van der Waals surface area contributed by atoms with Crippen molar-refractivity contribution in [3.63, 3.8) is 0 Å². The van der Waals surface area contributed by atoms with Crippen molar-refractivity contribution in [2.45, 2.75) is 20.3 Å². The fourth-order valence-electron chi connectivity index (χ4n) is 1.89. The van der Waals surface area contributed by atoms with E-state index in [-0.39, 0.29) is 5.91 Å². The van der Waals surface area contributed by atoms with Gasteiger partial charge in [0.25, 0.3) is 0 Å². The molecule has 0 saturated carbocycles. The number of carbonyl (C=O) groups is 1. The first-order chi connectivity index (χ1) is 10.7. The fourth-order valence-corrected chi connectivity index (χ4v) is 1.89. The van der Waals surface area contributed by atoms with Gasteiger partial charge in [-0.05, 0) is 49.2 Å². The summed E-state index contributed by atoms with van der Waals surface area (Å²) in [4.78, 5) is 11.9. The van der Waals surface area contributed by atoms with Crippen LogP contribution in [0.1, 0.15) is 24.5 Å². The van der Waals surface area contributed by atoms with Gasteiger partial charge >= 0.3 is 0 Å². The lowest BCUT2D eigenvalue weighted by Gasteiger charge is -2.06. The number of aryl methyl sites for hydroxylation is 1. The van der Waals surface area contributed by atoms with Crippen LogP contribution < -0.4 is 10.1 Å². The van der Waals surface area contributed by atoms with Crippen molar-refractivity contribution in [3.8, 4) is 5.75 Å². The summed E-state index contributed by atoms with van der Waals surface area (Å²) in [5.41, 5.74) is 2.96. The van der Waals surface area contributed by atoms with Crippen LogP contribution in [-0.4, -0.2) is 12.5 Å². The second-order valence-electron chi connectivity index (χ2n) is 5.11. The zero-order chi connectivity index (χ0) is 15.8. The Morgan fingerprint density at radius 1 is 1.09 bits per heavy atom. The number of ether oxygens (including phenoxy) is 1. The predicted molar refractivity (Wildman–Crippen MR) is 91.1 cm³/mol. The molecule has 1 amide bonds. The van der Waals surface area contributed by atoms with Crippen LogP contribution >= 0.6 is 0 Å². The Morgan fingerprint density at radius 2 is 1.77 bits per heavy atom. The lowest BCUT2D eigenvalue weighted by Crippen LogP contribution is -2.07. The number of anilines is 1. The van der Waals surface area contributed by atoms with Crippen molar-refractivity contribution >= 4 is 17.7 Å². The predicted octanol–water partition coefficient (Wildman–Crippen LogP) is 4.44. The molecular formula is C19H21NO2. The quantitative estimate of drug-likeness (QED) is 0.800. The van der Waals surface area contributed by atoms with Crippen molar-refractivity contribution in [1.29, 1.82) is 0 Å². The molecule has 1 N–H and O–H groups in total. The maximum absolute atomic E-state index is 11.9. The van der Waals surface area contributed by atoms with Crippen LogP contribution in [-0.2, 0) is 4.79 Å². The van der Waals surface area contributed by atoms with Gasteiger partial charge in [-0.25, -0.2) is 0 Å². The normalized spacial score (nSPS) is 10.6. The summed E-state index contributed by atoms with van der Waals surface area (Å²) < 4.78 is 5.50. The molecule has 2 rings (SSSR count). The second kappa shape index (κ2) is 8.03. The van der Waals surface area contributed by atoms with Gasteiger partial charge in [0.05, 0.1) is 6.61 Å². The second-order valence-corrected chi connectivity index (χ2v) is 5.11. The Bertz CT molecular complexity index is 627. The highest BCUT2D eigenvalue weighted by atomic mass is 16.5. The van der Waals surface area contributed by atoms with E-state index >= 15 is 0 Å². The van der Waals surface area contributed by atoms with Gasteiger partial charge in [0.15, 0.2) is 0 Å². The number of benzene rings is 2. The third-order valence-corrected chi connectivity index (χ3v) is 3.10. The topological polar surface area (TPSA) is 38.3 Å². The van der Waals surface area contributed by atoms with E-state index in [4.69, 9.17) is 4.74 Å². The van der Waals surface area contributed by atoms with Gasteiger partial charge < -0.3 is 10.1 Å². The number of rotatable bonds is 6. The zero-order valence-corrected chi connectivity index (χ0v) is 13.0. The third kappa shape index (κ3) is 5.09. The highest BCUT2D eigenvalue weighted by molar-refractivity contribution is 6.01. The Hall–Kier alpha value is -2.55. The third-order valence-electron chi connectivity index (χ3n) is 3.10. The molecule has 3 heteroatoms. The van der Waals surface area contributed by atoms with Crippen molar-refractivity contribution in [2.75, 3.05) is 11.9 Å². The first-order valence-corrected chi connectivity index (χ1v) is 7.46. The van der Waals surface area contributed by atoms with E-state index in [0.717, 1.165) is 23.4 Å². The SMILES string of the molecule is CCCOc1ccc(NC(=O)/C=C/c2ccc(C)cc2)cc1. The molecule has 2 aromatic rings. The molecule has 0 aliphatic heterocycles. The van der Waals surface area contributed by atoms with Crippen molar-refractivity contribution < 1.29 is 9.53 Å². The molecule has 0 saturated heterocycles. The average Bonchev–Trinajstić information content (AvgIpc) is 2.54. The number of hydrogen-bond donors (Lipinski definition) is 1. The average molecular weight is 295 g/mol. The highest BCUT2D eigenvalue weighted by Crippen LogP contribution is 2.16. The smallest absolute Gasteiger partial charge is 0.248 e. The van der Waals surface area contributed by atoms with E-state index in [0.29, 0.717) is 6.61 Å². The van der Waals surface area contributed by atoms with Crippen molar-refractivity contribution in [2.24, 2.45) is 0 Å². The van der Waals surface area contributed by atoms with Gasteiger partial charge in [0.1, 0.15) is 5.75 Å². The Kier molecular flexibility index (Phi) is 5.78. The lowest BCUT2D eigenvalue weighted by molar-refractivity contribution is -0.111. The molecule has 0 heterocycles. The first kappa shape index (κ1) is 15.8. The van der Waals surface area contributed by atoms with Gasteiger partial charge in [-0.15, -0.1) is 0 Å². The standard InChI is InChI=1S/C19H21NO2/c1-3-14-22-18-11-9-17(10-12-18)20-19(21)13-8-16-6-4-15(2)5-7-16/h4-13H,3,14H2,1-2H3,(H,20,21)/b13-8+. The van der Waals surface area contributed by atoms with Crippen molar-refractivity contribution in [3.05, 3.63) is 65.7 Å². The van der Waals surface area contributed by atoms with E-state index in [2.05, 4.69) is 12.2 Å². The van der Waals surface area contributed by atoms with Gasteiger partial charge in [-0.1, -0.05) is 36.8 Å². The van der Waals surface area contributed by atoms with Gasteiger partial charge in [0, 0.05) is 11.8 Å². The molecule has 0 spiro atoms. The maximum atomic E-state index is 11.9. The number of amides is 1. The maximum Gasteiger partial charge on any atom is 0.248 e. The minimum Gasteiger partial charge on any atom is -0.494 e. The minimum absolute atomic E-state index is 0.150. The van der Waals surface area contributed by atoms with Crippen LogP contribution in [0.25, 0.3) is 6.08 Å². The number of carbonyl (C=O) groups excluding carboxylic acids is 1. The molecule has 0 unspecified atom stereocenters. The fraction of sp³-hybridized carbons (Fsp3) is 0.211. The van der Waals surface area contributed by atoms with E-state index in [1.165, 1.54) is 11.6 Å². The molecule has 114 valence electrons. The van der Waals surface area contributed by atoms with Crippen LogP contribution in [0.2, 0.25) is 0 Å². The largest absolute Gasteiger partial charge is 0.494 e.